The molecular weight excluding hydrogens is 371 g/mol. The van der Waals surface area contributed by atoms with Crippen molar-refractivity contribution in [2.75, 3.05) is 5.32 Å². The molecule has 1 unspecified atom stereocenters. The lowest BCUT2D eigenvalue weighted by atomic mass is 10.2. The minimum Gasteiger partial charge on any atom is -0.325 e. The Hall–Kier alpha value is -1.60. The number of carbonyl (C=O) groups excluding carboxylic acids is 1. The number of rotatable bonds is 5. The van der Waals surface area contributed by atoms with Crippen LogP contribution in [0.25, 0.3) is 0 Å². The molecule has 5 nitrogen and oxygen atoms in total. The summed E-state index contributed by atoms with van der Waals surface area (Å²) in [6.07, 6.45) is 0. The van der Waals surface area contributed by atoms with Crippen molar-refractivity contribution >= 4 is 44.8 Å². The summed E-state index contributed by atoms with van der Waals surface area (Å²) in [5.74, 6) is -0.484. The number of sulfonamides is 1. The zero-order valence-electron chi connectivity index (χ0n) is 13.0. The van der Waals surface area contributed by atoms with Crippen LogP contribution in [0.15, 0.2) is 47.4 Å². The Balaban J connectivity index is 2.14. The van der Waals surface area contributed by atoms with E-state index in [4.69, 9.17) is 23.2 Å². The lowest BCUT2D eigenvalue weighted by Crippen LogP contribution is -2.41. The maximum absolute atomic E-state index is 12.4. The lowest BCUT2D eigenvalue weighted by molar-refractivity contribution is -0.117. The van der Waals surface area contributed by atoms with Crippen LogP contribution < -0.4 is 10.0 Å². The second-order valence-corrected chi connectivity index (χ2v) is 7.80. The molecule has 0 bridgehead atoms. The van der Waals surface area contributed by atoms with Crippen LogP contribution in [0.5, 0.6) is 0 Å². The molecule has 0 heterocycles. The summed E-state index contributed by atoms with van der Waals surface area (Å²) in [6.45, 7) is 3.34. The SMILES string of the molecule is Cc1cccc(NC(=O)C(C)NS(=O)(=O)c2cc(Cl)ccc2Cl)c1. The van der Waals surface area contributed by atoms with E-state index in [-0.39, 0.29) is 14.9 Å². The normalized spacial score (nSPS) is 12.7. The van der Waals surface area contributed by atoms with E-state index in [1.54, 1.807) is 18.2 Å². The fraction of sp³-hybridized carbons (Fsp3) is 0.188. The number of hydrogen-bond donors (Lipinski definition) is 2. The first kappa shape index (κ1) is 18.7. The summed E-state index contributed by atoms with van der Waals surface area (Å²) in [5, 5.41) is 2.92. The van der Waals surface area contributed by atoms with Gasteiger partial charge in [-0.1, -0.05) is 35.3 Å². The van der Waals surface area contributed by atoms with Crippen LogP contribution in [0.4, 0.5) is 5.69 Å². The first-order chi connectivity index (χ1) is 11.2. The van der Waals surface area contributed by atoms with Crippen molar-refractivity contribution < 1.29 is 13.2 Å². The van der Waals surface area contributed by atoms with Crippen molar-refractivity contribution in [1.82, 2.24) is 4.72 Å². The van der Waals surface area contributed by atoms with Crippen LogP contribution in [0.2, 0.25) is 10.0 Å². The summed E-state index contributed by atoms with van der Waals surface area (Å²) in [5.41, 5.74) is 1.57. The van der Waals surface area contributed by atoms with E-state index in [2.05, 4.69) is 10.0 Å². The van der Waals surface area contributed by atoms with Gasteiger partial charge in [0.15, 0.2) is 0 Å². The van der Waals surface area contributed by atoms with Crippen molar-refractivity contribution in [3.8, 4) is 0 Å². The van der Waals surface area contributed by atoms with Crippen molar-refractivity contribution in [2.24, 2.45) is 0 Å². The van der Waals surface area contributed by atoms with Crippen molar-refractivity contribution in [1.29, 1.82) is 0 Å². The third-order valence-corrected chi connectivity index (χ3v) is 5.45. The fourth-order valence-electron chi connectivity index (χ4n) is 2.01. The van der Waals surface area contributed by atoms with Crippen molar-refractivity contribution in [3.63, 3.8) is 0 Å². The van der Waals surface area contributed by atoms with Crippen LogP contribution in [0.3, 0.4) is 0 Å². The van der Waals surface area contributed by atoms with Gasteiger partial charge in [0.05, 0.1) is 11.1 Å². The van der Waals surface area contributed by atoms with Gasteiger partial charge in [0, 0.05) is 10.7 Å². The number of hydrogen-bond acceptors (Lipinski definition) is 3. The highest BCUT2D eigenvalue weighted by molar-refractivity contribution is 7.89. The smallest absolute Gasteiger partial charge is 0.242 e. The number of carbonyl (C=O) groups is 1. The molecule has 2 aromatic carbocycles. The summed E-state index contributed by atoms with van der Waals surface area (Å²) in [4.78, 5) is 12.0. The molecule has 0 saturated carbocycles. The van der Waals surface area contributed by atoms with Gasteiger partial charge < -0.3 is 5.32 Å². The predicted octanol–water partition coefficient (Wildman–Crippen LogP) is 3.61. The monoisotopic (exact) mass is 386 g/mol. The number of anilines is 1. The Morgan fingerprint density at radius 1 is 1.12 bits per heavy atom. The van der Waals surface area contributed by atoms with Gasteiger partial charge >= 0.3 is 0 Å². The van der Waals surface area contributed by atoms with Crippen LogP contribution in [0, 0.1) is 6.92 Å². The van der Waals surface area contributed by atoms with E-state index >= 15 is 0 Å². The van der Waals surface area contributed by atoms with Gasteiger partial charge in [0.25, 0.3) is 0 Å². The molecule has 0 spiro atoms. The van der Waals surface area contributed by atoms with Crippen LogP contribution in [-0.2, 0) is 14.8 Å². The summed E-state index contributed by atoms with van der Waals surface area (Å²) < 4.78 is 27.1. The minimum atomic E-state index is -3.99. The highest BCUT2D eigenvalue weighted by Gasteiger charge is 2.24. The molecule has 1 amide bonds. The molecule has 24 heavy (non-hydrogen) atoms. The third-order valence-electron chi connectivity index (χ3n) is 3.19. The van der Waals surface area contributed by atoms with E-state index in [0.717, 1.165) is 5.56 Å². The molecule has 0 aromatic heterocycles. The average Bonchev–Trinajstić information content (AvgIpc) is 2.49. The standard InChI is InChI=1S/C16H16Cl2N2O3S/c1-10-4-3-5-13(8-10)19-16(21)11(2)20-24(22,23)15-9-12(17)6-7-14(15)18/h3-9,11,20H,1-2H3,(H,19,21). The number of benzene rings is 2. The molecule has 0 fully saturated rings. The average molecular weight is 387 g/mol. The van der Waals surface area contributed by atoms with Gasteiger partial charge in [-0.05, 0) is 49.7 Å². The Morgan fingerprint density at radius 3 is 2.50 bits per heavy atom. The fourth-order valence-corrected chi connectivity index (χ4v) is 3.97. The lowest BCUT2D eigenvalue weighted by Gasteiger charge is -2.15. The molecule has 0 aliphatic rings. The zero-order valence-corrected chi connectivity index (χ0v) is 15.3. The molecule has 2 aromatic rings. The predicted molar refractivity (Wildman–Crippen MR) is 96.1 cm³/mol. The topological polar surface area (TPSA) is 75.3 Å². The van der Waals surface area contributed by atoms with Gasteiger partial charge in [-0.15, -0.1) is 0 Å². The third kappa shape index (κ3) is 4.70. The molecule has 0 saturated heterocycles. The van der Waals surface area contributed by atoms with Gasteiger partial charge in [0.1, 0.15) is 4.90 Å². The van der Waals surface area contributed by atoms with Gasteiger partial charge in [-0.2, -0.15) is 4.72 Å². The van der Waals surface area contributed by atoms with Gasteiger partial charge in [-0.3, -0.25) is 4.79 Å². The summed E-state index contributed by atoms with van der Waals surface area (Å²) in [6, 6.07) is 10.3. The minimum absolute atomic E-state index is 0.0261. The molecular formula is C16H16Cl2N2O3S. The van der Waals surface area contributed by atoms with Gasteiger partial charge in [-0.25, -0.2) is 8.42 Å². The highest BCUT2D eigenvalue weighted by Crippen LogP contribution is 2.25. The maximum atomic E-state index is 12.4. The molecule has 2 N–H and O–H groups in total. The number of amides is 1. The molecule has 0 aliphatic carbocycles. The number of aryl methyl sites for hydroxylation is 1. The summed E-state index contributed by atoms with van der Waals surface area (Å²) >= 11 is 11.7. The van der Waals surface area contributed by atoms with Gasteiger partial charge in [0.2, 0.25) is 15.9 Å². The quantitative estimate of drug-likeness (QED) is 0.823. The van der Waals surface area contributed by atoms with Crippen LogP contribution in [0.1, 0.15) is 12.5 Å². The van der Waals surface area contributed by atoms with Crippen molar-refractivity contribution in [2.45, 2.75) is 24.8 Å². The van der Waals surface area contributed by atoms with Crippen molar-refractivity contribution in [3.05, 3.63) is 58.1 Å². The Bertz CT molecular complexity index is 869. The van der Waals surface area contributed by atoms with E-state index < -0.39 is 22.0 Å². The van der Waals surface area contributed by atoms with E-state index in [9.17, 15) is 13.2 Å². The number of nitrogens with one attached hydrogen (secondary N) is 2. The molecule has 0 radical (unpaired) electrons. The summed E-state index contributed by atoms with van der Waals surface area (Å²) in [7, 11) is -3.99. The largest absolute Gasteiger partial charge is 0.325 e. The molecule has 128 valence electrons. The van der Waals surface area contributed by atoms with E-state index in [1.807, 2.05) is 13.0 Å². The maximum Gasteiger partial charge on any atom is 0.242 e. The Kier molecular flexibility index (Phi) is 5.87. The first-order valence-corrected chi connectivity index (χ1v) is 9.28. The van der Waals surface area contributed by atoms with E-state index in [1.165, 1.54) is 25.1 Å². The second-order valence-electron chi connectivity index (χ2n) is 5.28. The molecule has 8 heteroatoms. The first-order valence-electron chi connectivity index (χ1n) is 7.04. The molecule has 2 rings (SSSR count). The molecule has 1 atom stereocenters. The Morgan fingerprint density at radius 2 is 1.83 bits per heavy atom. The van der Waals surface area contributed by atoms with Crippen LogP contribution in [-0.4, -0.2) is 20.4 Å². The highest BCUT2D eigenvalue weighted by atomic mass is 35.5. The van der Waals surface area contributed by atoms with Crippen LogP contribution >= 0.6 is 23.2 Å². The molecule has 0 aliphatic heterocycles. The Labute approximate surface area is 151 Å². The second kappa shape index (κ2) is 7.53. The zero-order chi connectivity index (χ0) is 17.9. The number of halogens is 2. The van der Waals surface area contributed by atoms with E-state index in [0.29, 0.717) is 5.69 Å².